The van der Waals surface area contributed by atoms with E-state index in [0.29, 0.717) is 32.9 Å². The molecule has 0 spiro atoms. The Kier molecular flexibility index (Phi) is 5.11. The number of carbonyl (C=O) groups is 1. The molecular weight excluding hydrogens is 405 g/mol. The normalized spacial score (nSPS) is 11.0. The maximum Gasteiger partial charge on any atom is 0.232 e. The standard InChI is InChI=1S/C19H13Cl2N3O2S/c20-14-6-3-4-11(18(14)21)8-12-10-22-19(27-12)23-17(25)9-15-13-5-1-2-7-16(13)26-24-15/h1-7,10H,8-9H2,(H,22,23,25). The van der Waals surface area contributed by atoms with Crippen LogP contribution in [-0.2, 0) is 17.6 Å². The number of para-hydroxylation sites is 1. The van der Waals surface area contributed by atoms with Crippen LogP contribution in [0.5, 0.6) is 0 Å². The predicted octanol–water partition coefficient (Wildman–Crippen LogP) is 5.36. The van der Waals surface area contributed by atoms with E-state index in [1.54, 1.807) is 12.3 Å². The van der Waals surface area contributed by atoms with Gasteiger partial charge in [0.1, 0.15) is 5.69 Å². The smallest absolute Gasteiger partial charge is 0.232 e. The zero-order valence-electron chi connectivity index (χ0n) is 13.9. The Labute approximate surface area is 168 Å². The zero-order chi connectivity index (χ0) is 18.8. The van der Waals surface area contributed by atoms with Gasteiger partial charge in [-0.15, -0.1) is 11.3 Å². The fourth-order valence-corrected chi connectivity index (χ4v) is 3.94. The summed E-state index contributed by atoms with van der Waals surface area (Å²) in [6.45, 7) is 0. The van der Waals surface area contributed by atoms with Gasteiger partial charge in [0, 0.05) is 22.9 Å². The van der Waals surface area contributed by atoms with Crippen molar-refractivity contribution >= 4 is 56.5 Å². The Morgan fingerprint density at radius 2 is 2.00 bits per heavy atom. The van der Waals surface area contributed by atoms with Crippen molar-refractivity contribution < 1.29 is 9.32 Å². The van der Waals surface area contributed by atoms with Crippen LogP contribution in [0, 0.1) is 0 Å². The van der Waals surface area contributed by atoms with Crippen LogP contribution in [0.1, 0.15) is 16.1 Å². The average molecular weight is 418 g/mol. The van der Waals surface area contributed by atoms with Gasteiger partial charge in [0.25, 0.3) is 0 Å². The van der Waals surface area contributed by atoms with Gasteiger partial charge in [-0.2, -0.15) is 0 Å². The van der Waals surface area contributed by atoms with Crippen LogP contribution in [0.15, 0.2) is 53.2 Å². The van der Waals surface area contributed by atoms with Gasteiger partial charge in [0.15, 0.2) is 10.7 Å². The van der Waals surface area contributed by atoms with Crippen molar-refractivity contribution in [2.45, 2.75) is 12.8 Å². The summed E-state index contributed by atoms with van der Waals surface area (Å²) in [5.41, 5.74) is 2.18. The highest BCUT2D eigenvalue weighted by molar-refractivity contribution is 7.15. The molecule has 4 rings (SSSR count). The molecule has 0 unspecified atom stereocenters. The summed E-state index contributed by atoms with van der Waals surface area (Å²) < 4.78 is 5.23. The van der Waals surface area contributed by atoms with Gasteiger partial charge in [-0.3, -0.25) is 4.79 Å². The molecule has 136 valence electrons. The summed E-state index contributed by atoms with van der Waals surface area (Å²) in [5, 5.41) is 9.20. The van der Waals surface area contributed by atoms with Crippen molar-refractivity contribution in [3.63, 3.8) is 0 Å². The average Bonchev–Trinajstić information content (AvgIpc) is 3.26. The minimum Gasteiger partial charge on any atom is -0.356 e. The van der Waals surface area contributed by atoms with Crippen molar-refractivity contribution in [3.05, 3.63) is 74.8 Å². The lowest BCUT2D eigenvalue weighted by Gasteiger charge is -2.03. The highest BCUT2D eigenvalue weighted by atomic mass is 35.5. The van der Waals surface area contributed by atoms with E-state index in [2.05, 4.69) is 15.5 Å². The molecule has 0 atom stereocenters. The largest absolute Gasteiger partial charge is 0.356 e. The molecule has 2 aromatic carbocycles. The van der Waals surface area contributed by atoms with Gasteiger partial charge >= 0.3 is 0 Å². The van der Waals surface area contributed by atoms with E-state index in [1.165, 1.54) is 11.3 Å². The van der Waals surface area contributed by atoms with Crippen LogP contribution in [0.25, 0.3) is 11.0 Å². The number of amides is 1. The van der Waals surface area contributed by atoms with Gasteiger partial charge in [-0.25, -0.2) is 4.98 Å². The van der Waals surface area contributed by atoms with Crippen LogP contribution in [0.3, 0.4) is 0 Å². The number of carbonyl (C=O) groups excluding carboxylic acids is 1. The summed E-state index contributed by atoms with van der Waals surface area (Å²) in [7, 11) is 0. The second kappa shape index (κ2) is 7.68. The number of thiazole rings is 1. The number of rotatable bonds is 5. The Bertz CT molecular complexity index is 1120. The second-order valence-corrected chi connectivity index (χ2v) is 7.77. The summed E-state index contributed by atoms with van der Waals surface area (Å²) in [5.74, 6) is -0.198. The zero-order valence-corrected chi connectivity index (χ0v) is 16.2. The van der Waals surface area contributed by atoms with Crippen molar-refractivity contribution in [3.8, 4) is 0 Å². The van der Waals surface area contributed by atoms with Gasteiger partial charge in [-0.05, 0) is 23.8 Å². The minimum absolute atomic E-state index is 0.117. The number of nitrogens with zero attached hydrogens (tertiary/aromatic N) is 2. The molecule has 1 N–H and O–H groups in total. The number of hydrogen-bond acceptors (Lipinski definition) is 5. The monoisotopic (exact) mass is 417 g/mol. The van der Waals surface area contributed by atoms with Gasteiger partial charge in [-0.1, -0.05) is 52.6 Å². The minimum atomic E-state index is -0.198. The van der Waals surface area contributed by atoms with Crippen LogP contribution >= 0.6 is 34.5 Å². The maximum absolute atomic E-state index is 12.3. The molecule has 0 fully saturated rings. The molecule has 1 amide bonds. The van der Waals surface area contributed by atoms with E-state index in [1.807, 2.05) is 36.4 Å². The Morgan fingerprint density at radius 1 is 1.15 bits per heavy atom. The van der Waals surface area contributed by atoms with E-state index in [-0.39, 0.29) is 12.3 Å². The van der Waals surface area contributed by atoms with Crippen LogP contribution < -0.4 is 5.32 Å². The summed E-state index contributed by atoms with van der Waals surface area (Å²) in [6.07, 6.45) is 2.44. The molecule has 0 saturated heterocycles. The molecule has 8 heteroatoms. The molecule has 27 heavy (non-hydrogen) atoms. The van der Waals surface area contributed by atoms with E-state index in [0.717, 1.165) is 15.8 Å². The fourth-order valence-electron chi connectivity index (χ4n) is 2.70. The number of fused-ring (bicyclic) bond motifs is 1. The molecule has 2 aromatic heterocycles. The first kappa shape index (κ1) is 18.0. The van der Waals surface area contributed by atoms with Crippen LogP contribution in [0.4, 0.5) is 5.13 Å². The number of hydrogen-bond donors (Lipinski definition) is 1. The third-order valence-corrected chi connectivity index (χ3v) is 5.75. The molecule has 0 aliphatic rings. The first-order valence-corrected chi connectivity index (χ1v) is 9.68. The number of nitrogens with one attached hydrogen (secondary N) is 1. The predicted molar refractivity (Wildman–Crippen MR) is 108 cm³/mol. The van der Waals surface area contributed by atoms with Crippen LogP contribution in [-0.4, -0.2) is 16.0 Å². The SMILES string of the molecule is O=C(Cc1noc2ccccc12)Nc1ncc(Cc2cccc(Cl)c2Cl)s1. The summed E-state index contributed by atoms with van der Waals surface area (Å²) in [4.78, 5) is 17.6. The number of benzene rings is 2. The molecule has 2 heterocycles. The first-order valence-electron chi connectivity index (χ1n) is 8.11. The van der Waals surface area contributed by atoms with E-state index >= 15 is 0 Å². The van der Waals surface area contributed by atoms with Gasteiger partial charge < -0.3 is 9.84 Å². The van der Waals surface area contributed by atoms with E-state index in [9.17, 15) is 4.79 Å². The second-order valence-electron chi connectivity index (χ2n) is 5.87. The molecule has 5 nitrogen and oxygen atoms in total. The van der Waals surface area contributed by atoms with Crippen molar-refractivity contribution in [1.82, 2.24) is 10.1 Å². The van der Waals surface area contributed by atoms with Gasteiger partial charge in [0.2, 0.25) is 5.91 Å². The molecule has 0 bridgehead atoms. The highest BCUT2D eigenvalue weighted by Crippen LogP contribution is 2.29. The summed E-state index contributed by atoms with van der Waals surface area (Å²) >= 11 is 13.7. The van der Waals surface area contributed by atoms with Gasteiger partial charge in [0.05, 0.1) is 16.5 Å². The summed E-state index contributed by atoms with van der Waals surface area (Å²) in [6, 6.07) is 13.0. The highest BCUT2D eigenvalue weighted by Gasteiger charge is 2.14. The third-order valence-electron chi connectivity index (χ3n) is 3.98. The van der Waals surface area contributed by atoms with E-state index in [4.69, 9.17) is 27.7 Å². The quantitative estimate of drug-likeness (QED) is 0.474. The number of halogens is 2. The lowest BCUT2D eigenvalue weighted by molar-refractivity contribution is -0.115. The Hall–Kier alpha value is -2.41. The fraction of sp³-hybridized carbons (Fsp3) is 0.105. The number of aromatic nitrogens is 2. The molecular formula is C19H13Cl2N3O2S. The third kappa shape index (κ3) is 3.98. The lowest BCUT2D eigenvalue weighted by Crippen LogP contribution is -2.14. The lowest BCUT2D eigenvalue weighted by atomic mass is 10.1. The Morgan fingerprint density at radius 3 is 2.89 bits per heavy atom. The topological polar surface area (TPSA) is 68.0 Å². The van der Waals surface area contributed by atoms with Crippen molar-refractivity contribution in [2.75, 3.05) is 5.32 Å². The first-order chi connectivity index (χ1) is 13.1. The molecule has 0 radical (unpaired) electrons. The van der Waals surface area contributed by atoms with E-state index < -0.39 is 0 Å². The maximum atomic E-state index is 12.3. The molecule has 0 aliphatic heterocycles. The van der Waals surface area contributed by atoms with Crippen molar-refractivity contribution in [1.29, 1.82) is 0 Å². The van der Waals surface area contributed by atoms with Crippen LogP contribution in [0.2, 0.25) is 10.0 Å². The molecule has 0 aliphatic carbocycles. The Balaban J connectivity index is 1.43. The van der Waals surface area contributed by atoms with Crippen molar-refractivity contribution in [2.24, 2.45) is 0 Å². The molecule has 4 aromatic rings. The number of anilines is 1. The molecule has 0 saturated carbocycles.